The van der Waals surface area contributed by atoms with Crippen molar-refractivity contribution in [3.8, 4) is 0 Å². The Kier molecular flexibility index (Phi) is 5.55. The Labute approximate surface area is 186 Å². The summed E-state index contributed by atoms with van der Waals surface area (Å²) in [6.45, 7) is 3.33. The third-order valence-corrected chi connectivity index (χ3v) is 7.09. The number of anilines is 1. The summed E-state index contributed by atoms with van der Waals surface area (Å²) < 4.78 is 1.55. The topological polar surface area (TPSA) is 99.9 Å². The van der Waals surface area contributed by atoms with E-state index in [9.17, 15) is 14.4 Å². The number of hydrogen-bond donors (Lipinski definition) is 1. The molecular formula is C20H22N6O3S2. The van der Waals surface area contributed by atoms with Crippen LogP contribution in [0.5, 0.6) is 0 Å². The molecule has 5 rings (SSSR count). The fourth-order valence-corrected chi connectivity index (χ4v) is 5.07. The van der Waals surface area contributed by atoms with Crippen LogP contribution in [-0.2, 0) is 22.6 Å². The summed E-state index contributed by atoms with van der Waals surface area (Å²) in [5.74, 6) is 0.201. The standard InChI is InChI=1S/C20H22N6O3S2/c27-16(10-15-12-31-19(21-15)23-18(29)13-1-2-13)25-5-3-24(4-6-25)11-14-9-17(28)26-7-8-30-20(26)22-14/h7-9,12-13H,1-6,10-11H2,(H,21,23,29). The first-order valence-electron chi connectivity index (χ1n) is 10.3. The lowest BCUT2D eigenvalue weighted by molar-refractivity contribution is -0.132. The Bertz CT molecular complexity index is 1170. The van der Waals surface area contributed by atoms with Gasteiger partial charge in [-0.2, -0.15) is 0 Å². The van der Waals surface area contributed by atoms with Crippen LogP contribution in [-0.4, -0.2) is 62.2 Å². The summed E-state index contributed by atoms with van der Waals surface area (Å²) in [5, 5.41) is 7.08. The molecule has 2 amide bonds. The predicted molar refractivity (Wildman–Crippen MR) is 118 cm³/mol. The van der Waals surface area contributed by atoms with Gasteiger partial charge < -0.3 is 10.2 Å². The maximum atomic E-state index is 12.7. The SMILES string of the molecule is O=C(Nc1nc(CC(=O)N2CCN(Cc3cc(=O)n4ccsc4n3)CC2)cs1)C1CC1. The monoisotopic (exact) mass is 458 g/mol. The number of piperazine rings is 1. The smallest absolute Gasteiger partial charge is 0.258 e. The first-order valence-corrected chi connectivity index (χ1v) is 12.0. The zero-order chi connectivity index (χ0) is 21.4. The van der Waals surface area contributed by atoms with Crippen LogP contribution >= 0.6 is 22.7 Å². The molecule has 1 aliphatic heterocycles. The molecule has 31 heavy (non-hydrogen) atoms. The normalized spacial score (nSPS) is 17.2. The highest BCUT2D eigenvalue weighted by molar-refractivity contribution is 7.15. The minimum Gasteiger partial charge on any atom is -0.340 e. The Morgan fingerprint density at radius 1 is 1.10 bits per heavy atom. The van der Waals surface area contributed by atoms with Gasteiger partial charge in [-0.3, -0.25) is 23.7 Å². The molecule has 1 saturated carbocycles. The minimum absolute atomic E-state index is 0.0266. The van der Waals surface area contributed by atoms with E-state index in [2.05, 4.69) is 20.2 Å². The summed E-state index contributed by atoms with van der Waals surface area (Å²) >= 11 is 2.80. The number of hydrogen-bond acceptors (Lipinski definition) is 8. The van der Waals surface area contributed by atoms with Crippen molar-refractivity contribution in [3.63, 3.8) is 0 Å². The molecule has 3 aromatic rings. The quantitative estimate of drug-likeness (QED) is 0.600. The van der Waals surface area contributed by atoms with E-state index >= 15 is 0 Å². The van der Waals surface area contributed by atoms with Crippen LogP contribution in [0.15, 0.2) is 27.8 Å². The second kappa shape index (κ2) is 8.48. The fourth-order valence-electron chi connectivity index (χ4n) is 3.62. The first-order chi connectivity index (χ1) is 15.0. The molecular weight excluding hydrogens is 436 g/mol. The number of nitrogens with zero attached hydrogens (tertiary/aromatic N) is 5. The number of thiazole rings is 2. The molecule has 0 atom stereocenters. The van der Waals surface area contributed by atoms with Crippen LogP contribution in [0, 0.1) is 5.92 Å². The molecule has 2 aliphatic rings. The number of aromatic nitrogens is 3. The number of amides is 2. The van der Waals surface area contributed by atoms with E-state index in [0.29, 0.717) is 35.4 Å². The van der Waals surface area contributed by atoms with Gasteiger partial charge in [-0.05, 0) is 12.8 Å². The second-order valence-electron chi connectivity index (χ2n) is 7.88. The predicted octanol–water partition coefficient (Wildman–Crippen LogP) is 1.45. The van der Waals surface area contributed by atoms with Gasteiger partial charge in [-0.25, -0.2) is 9.97 Å². The maximum absolute atomic E-state index is 12.7. The molecule has 11 heteroatoms. The van der Waals surface area contributed by atoms with Crippen molar-refractivity contribution in [2.45, 2.75) is 25.8 Å². The lowest BCUT2D eigenvalue weighted by Crippen LogP contribution is -2.48. The number of carbonyl (C=O) groups is 2. The number of nitrogens with one attached hydrogen (secondary N) is 1. The Morgan fingerprint density at radius 2 is 1.90 bits per heavy atom. The maximum Gasteiger partial charge on any atom is 0.258 e. The van der Waals surface area contributed by atoms with E-state index in [4.69, 9.17) is 0 Å². The lowest BCUT2D eigenvalue weighted by Gasteiger charge is -2.34. The molecule has 0 aromatic carbocycles. The van der Waals surface area contributed by atoms with E-state index in [1.54, 1.807) is 16.7 Å². The van der Waals surface area contributed by atoms with Gasteiger partial charge in [0.1, 0.15) is 0 Å². The van der Waals surface area contributed by atoms with E-state index < -0.39 is 0 Å². The molecule has 4 heterocycles. The highest BCUT2D eigenvalue weighted by Crippen LogP contribution is 2.30. The summed E-state index contributed by atoms with van der Waals surface area (Å²) in [5.41, 5.74) is 1.39. The van der Waals surface area contributed by atoms with Crippen LogP contribution in [0.2, 0.25) is 0 Å². The lowest BCUT2D eigenvalue weighted by atomic mass is 10.2. The molecule has 9 nitrogen and oxygen atoms in total. The van der Waals surface area contributed by atoms with Gasteiger partial charge in [-0.15, -0.1) is 22.7 Å². The molecule has 1 N–H and O–H groups in total. The van der Waals surface area contributed by atoms with Gasteiger partial charge in [0.25, 0.3) is 5.56 Å². The van der Waals surface area contributed by atoms with Crippen LogP contribution in [0.4, 0.5) is 5.13 Å². The Hall–Kier alpha value is -2.63. The molecule has 0 radical (unpaired) electrons. The average Bonchev–Trinajstić information content (AvgIpc) is 3.35. The Balaban J connectivity index is 1.12. The van der Waals surface area contributed by atoms with Crippen molar-refractivity contribution in [1.29, 1.82) is 0 Å². The third kappa shape index (κ3) is 4.68. The van der Waals surface area contributed by atoms with Crippen molar-refractivity contribution in [1.82, 2.24) is 24.2 Å². The molecule has 1 saturated heterocycles. The van der Waals surface area contributed by atoms with Gasteiger partial charge in [0.15, 0.2) is 10.1 Å². The van der Waals surface area contributed by atoms with E-state index in [1.807, 2.05) is 15.7 Å². The highest BCUT2D eigenvalue weighted by Gasteiger charge is 2.30. The van der Waals surface area contributed by atoms with Crippen molar-refractivity contribution >= 4 is 44.6 Å². The van der Waals surface area contributed by atoms with Crippen molar-refractivity contribution in [2.24, 2.45) is 5.92 Å². The molecule has 3 aromatic heterocycles. The largest absolute Gasteiger partial charge is 0.340 e. The summed E-state index contributed by atoms with van der Waals surface area (Å²) in [6.07, 6.45) is 3.87. The van der Waals surface area contributed by atoms with Gasteiger partial charge in [-0.1, -0.05) is 0 Å². The van der Waals surface area contributed by atoms with Crippen LogP contribution < -0.4 is 10.9 Å². The van der Waals surface area contributed by atoms with Crippen molar-refractivity contribution in [3.05, 3.63) is 44.8 Å². The molecule has 0 spiro atoms. The molecule has 2 fully saturated rings. The van der Waals surface area contributed by atoms with E-state index in [-0.39, 0.29) is 29.7 Å². The van der Waals surface area contributed by atoms with E-state index in [0.717, 1.165) is 31.6 Å². The molecule has 0 unspecified atom stereocenters. The zero-order valence-electron chi connectivity index (χ0n) is 16.8. The van der Waals surface area contributed by atoms with Gasteiger partial charge >= 0.3 is 0 Å². The minimum atomic E-state index is -0.0639. The number of rotatable bonds is 6. The van der Waals surface area contributed by atoms with Gasteiger partial charge in [0.05, 0.1) is 17.8 Å². The second-order valence-corrected chi connectivity index (χ2v) is 9.61. The van der Waals surface area contributed by atoms with Crippen molar-refractivity contribution in [2.75, 3.05) is 31.5 Å². The summed E-state index contributed by atoms with van der Waals surface area (Å²) in [7, 11) is 0. The molecule has 1 aliphatic carbocycles. The van der Waals surface area contributed by atoms with Crippen LogP contribution in [0.3, 0.4) is 0 Å². The average molecular weight is 459 g/mol. The fraction of sp³-hybridized carbons (Fsp3) is 0.450. The van der Waals surface area contributed by atoms with Crippen LogP contribution in [0.1, 0.15) is 24.2 Å². The van der Waals surface area contributed by atoms with Gasteiger partial charge in [0, 0.05) is 61.7 Å². The number of carbonyl (C=O) groups excluding carboxylic acids is 2. The van der Waals surface area contributed by atoms with Crippen molar-refractivity contribution < 1.29 is 9.59 Å². The Morgan fingerprint density at radius 3 is 2.68 bits per heavy atom. The third-order valence-electron chi connectivity index (χ3n) is 5.53. The molecule has 162 valence electrons. The molecule has 0 bridgehead atoms. The summed E-state index contributed by atoms with van der Waals surface area (Å²) in [6, 6.07) is 1.58. The highest BCUT2D eigenvalue weighted by atomic mass is 32.1. The van der Waals surface area contributed by atoms with Gasteiger partial charge in [0.2, 0.25) is 11.8 Å². The summed E-state index contributed by atoms with van der Waals surface area (Å²) in [4.78, 5) is 50.4. The van der Waals surface area contributed by atoms with E-state index in [1.165, 1.54) is 22.7 Å². The number of fused-ring (bicyclic) bond motifs is 1. The van der Waals surface area contributed by atoms with Crippen LogP contribution in [0.25, 0.3) is 4.96 Å². The first kappa shape index (κ1) is 20.3. The zero-order valence-corrected chi connectivity index (χ0v) is 18.5.